The van der Waals surface area contributed by atoms with E-state index < -0.39 is 5.82 Å². The molecule has 1 saturated heterocycles. The maximum atomic E-state index is 13.4. The first-order valence-electron chi connectivity index (χ1n) is 11.1. The molecule has 2 aliphatic heterocycles. The zero-order valence-electron chi connectivity index (χ0n) is 18.1. The number of hydrogen-bond acceptors (Lipinski definition) is 3. The Morgan fingerprint density at radius 1 is 1.28 bits per heavy atom. The number of quaternary nitrogens is 1. The van der Waals surface area contributed by atoms with Crippen molar-refractivity contribution >= 4 is 40.9 Å². The van der Waals surface area contributed by atoms with Gasteiger partial charge in [0, 0.05) is 15.5 Å². The Bertz CT molecular complexity index is 1020. The molecule has 0 aliphatic carbocycles. The van der Waals surface area contributed by atoms with Gasteiger partial charge in [0.15, 0.2) is 0 Å². The molecule has 0 spiro atoms. The van der Waals surface area contributed by atoms with Gasteiger partial charge in [0.25, 0.3) is 5.91 Å². The SMILES string of the molecule is CC1CCCC[NH+]1CCNC(=O)c1ccc2c(c1)N(Cc1ccc(F)cc1Cl)C(=O)CS2. The second-order valence-electron chi connectivity index (χ2n) is 8.50. The number of hydrogen-bond donors (Lipinski definition) is 2. The van der Waals surface area contributed by atoms with E-state index in [-0.39, 0.29) is 23.4 Å². The van der Waals surface area contributed by atoms with Crippen LogP contribution in [0.25, 0.3) is 0 Å². The van der Waals surface area contributed by atoms with Crippen LogP contribution in [0.3, 0.4) is 0 Å². The highest BCUT2D eigenvalue weighted by atomic mass is 35.5. The van der Waals surface area contributed by atoms with Crippen LogP contribution in [-0.2, 0) is 11.3 Å². The largest absolute Gasteiger partial charge is 0.346 e. The number of fused-ring (bicyclic) bond motifs is 1. The first kappa shape index (κ1) is 23.1. The molecule has 5 nitrogen and oxygen atoms in total. The van der Waals surface area contributed by atoms with Gasteiger partial charge in [0.2, 0.25) is 5.91 Å². The van der Waals surface area contributed by atoms with Crippen molar-refractivity contribution in [2.45, 2.75) is 43.7 Å². The van der Waals surface area contributed by atoms with Crippen LogP contribution in [0.2, 0.25) is 5.02 Å². The molecule has 2 aromatic carbocycles. The molecular formula is C24H28ClFN3O2S+. The van der Waals surface area contributed by atoms with E-state index in [9.17, 15) is 14.0 Å². The highest BCUT2D eigenvalue weighted by Gasteiger charge is 2.27. The van der Waals surface area contributed by atoms with Gasteiger partial charge in [0.1, 0.15) is 5.82 Å². The third-order valence-electron chi connectivity index (χ3n) is 6.32. The lowest BCUT2D eigenvalue weighted by Gasteiger charge is -2.30. The molecule has 4 rings (SSSR count). The fourth-order valence-corrected chi connectivity index (χ4v) is 5.54. The molecule has 2 unspecified atom stereocenters. The Morgan fingerprint density at radius 2 is 2.12 bits per heavy atom. The van der Waals surface area contributed by atoms with Crippen molar-refractivity contribution in [1.29, 1.82) is 0 Å². The minimum absolute atomic E-state index is 0.0665. The Morgan fingerprint density at radius 3 is 2.91 bits per heavy atom. The zero-order valence-corrected chi connectivity index (χ0v) is 19.7. The number of nitrogens with one attached hydrogen (secondary N) is 2. The van der Waals surface area contributed by atoms with Crippen LogP contribution in [0.5, 0.6) is 0 Å². The molecular weight excluding hydrogens is 449 g/mol. The topological polar surface area (TPSA) is 53.9 Å². The lowest BCUT2D eigenvalue weighted by Crippen LogP contribution is -3.16. The average molecular weight is 477 g/mol. The predicted octanol–water partition coefficient (Wildman–Crippen LogP) is 3.31. The maximum absolute atomic E-state index is 13.4. The molecule has 8 heteroatoms. The van der Waals surface area contributed by atoms with Crippen molar-refractivity contribution in [2.75, 3.05) is 30.3 Å². The number of piperidine rings is 1. The van der Waals surface area contributed by atoms with Crippen LogP contribution in [0.4, 0.5) is 10.1 Å². The van der Waals surface area contributed by atoms with Crippen molar-refractivity contribution in [3.05, 3.63) is 58.4 Å². The summed E-state index contributed by atoms with van der Waals surface area (Å²) in [7, 11) is 0. The Labute approximate surface area is 197 Å². The zero-order chi connectivity index (χ0) is 22.7. The van der Waals surface area contributed by atoms with Gasteiger partial charge in [-0.25, -0.2) is 4.39 Å². The van der Waals surface area contributed by atoms with Gasteiger partial charge in [-0.3, -0.25) is 9.59 Å². The van der Waals surface area contributed by atoms with Gasteiger partial charge < -0.3 is 15.1 Å². The van der Waals surface area contributed by atoms with E-state index in [0.29, 0.717) is 35.2 Å². The summed E-state index contributed by atoms with van der Waals surface area (Å²) in [4.78, 5) is 29.6. The van der Waals surface area contributed by atoms with Gasteiger partial charge in [-0.1, -0.05) is 17.7 Å². The summed E-state index contributed by atoms with van der Waals surface area (Å²) in [5.74, 6) is -0.309. The molecule has 0 saturated carbocycles. The maximum Gasteiger partial charge on any atom is 0.251 e. The van der Waals surface area contributed by atoms with Gasteiger partial charge in [-0.2, -0.15) is 0 Å². The third kappa shape index (κ3) is 5.27. The van der Waals surface area contributed by atoms with Crippen molar-refractivity contribution in [2.24, 2.45) is 0 Å². The second kappa shape index (κ2) is 10.2. The molecule has 170 valence electrons. The first-order chi connectivity index (χ1) is 15.4. The van der Waals surface area contributed by atoms with E-state index in [1.807, 2.05) is 6.07 Å². The fourth-order valence-electron chi connectivity index (χ4n) is 4.40. The van der Waals surface area contributed by atoms with Gasteiger partial charge in [-0.05, 0) is 62.1 Å². The summed E-state index contributed by atoms with van der Waals surface area (Å²) in [6.07, 6.45) is 3.79. The summed E-state index contributed by atoms with van der Waals surface area (Å²) in [5.41, 5.74) is 1.87. The number of likely N-dealkylation sites (tertiary alicyclic amines) is 1. The number of rotatable bonds is 6. The molecule has 2 heterocycles. The summed E-state index contributed by atoms with van der Waals surface area (Å²) in [5, 5.41) is 3.31. The van der Waals surface area contributed by atoms with E-state index >= 15 is 0 Å². The standard InChI is InChI=1S/C24H27ClFN3O2S/c1-16-4-2-3-10-28(16)11-9-27-24(31)17-6-8-22-21(12-17)29(23(30)15-32-22)14-18-5-7-19(26)13-20(18)25/h5-8,12-13,16H,2-4,9-11,14-15H2,1H3,(H,27,31)/p+1. The van der Waals surface area contributed by atoms with Crippen LogP contribution >= 0.6 is 23.4 Å². The number of benzene rings is 2. The molecule has 2 amide bonds. The van der Waals surface area contributed by atoms with Crippen molar-refractivity contribution in [1.82, 2.24) is 5.32 Å². The minimum Gasteiger partial charge on any atom is -0.346 e. The van der Waals surface area contributed by atoms with E-state index in [4.69, 9.17) is 11.6 Å². The number of carbonyl (C=O) groups is 2. The lowest BCUT2D eigenvalue weighted by atomic mass is 10.0. The minimum atomic E-state index is -0.417. The molecule has 2 atom stereocenters. The van der Waals surface area contributed by atoms with Crippen LogP contribution in [-0.4, -0.2) is 43.2 Å². The number of thioether (sulfide) groups is 1. The van der Waals surface area contributed by atoms with Crippen LogP contribution in [0, 0.1) is 5.82 Å². The summed E-state index contributed by atoms with van der Waals surface area (Å²) in [6.45, 7) is 5.21. The van der Waals surface area contributed by atoms with E-state index in [1.165, 1.54) is 43.2 Å². The lowest BCUT2D eigenvalue weighted by molar-refractivity contribution is -0.927. The number of amides is 2. The second-order valence-corrected chi connectivity index (χ2v) is 9.92. The molecule has 0 aromatic heterocycles. The fraction of sp³-hybridized carbons (Fsp3) is 0.417. The Hall–Kier alpha value is -2.09. The van der Waals surface area contributed by atoms with Crippen LogP contribution in [0.1, 0.15) is 42.1 Å². The molecule has 2 N–H and O–H groups in total. The molecule has 2 aliphatic rings. The van der Waals surface area contributed by atoms with E-state index in [1.54, 1.807) is 28.0 Å². The number of nitrogens with zero attached hydrogens (tertiary/aromatic N) is 1. The summed E-state index contributed by atoms with van der Waals surface area (Å²) >= 11 is 7.64. The average Bonchev–Trinajstić information content (AvgIpc) is 2.78. The molecule has 2 aromatic rings. The Balaban J connectivity index is 1.46. The van der Waals surface area contributed by atoms with Gasteiger partial charge >= 0.3 is 0 Å². The molecule has 1 fully saturated rings. The smallest absolute Gasteiger partial charge is 0.251 e. The highest BCUT2D eigenvalue weighted by Crippen LogP contribution is 2.37. The highest BCUT2D eigenvalue weighted by molar-refractivity contribution is 8.00. The predicted molar refractivity (Wildman–Crippen MR) is 126 cm³/mol. The van der Waals surface area contributed by atoms with E-state index in [0.717, 1.165) is 18.0 Å². The normalized spacial score (nSPS) is 20.7. The van der Waals surface area contributed by atoms with Gasteiger partial charge in [0.05, 0.1) is 43.7 Å². The van der Waals surface area contributed by atoms with Crippen molar-refractivity contribution < 1.29 is 18.9 Å². The number of halogens is 2. The molecule has 0 radical (unpaired) electrons. The first-order valence-corrected chi connectivity index (χ1v) is 12.4. The quantitative estimate of drug-likeness (QED) is 0.672. The number of carbonyl (C=O) groups excluding carboxylic acids is 2. The summed E-state index contributed by atoms with van der Waals surface area (Å²) in [6, 6.07) is 10.3. The molecule has 0 bridgehead atoms. The van der Waals surface area contributed by atoms with E-state index in [2.05, 4.69) is 12.2 Å². The van der Waals surface area contributed by atoms with Crippen LogP contribution in [0.15, 0.2) is 41.3 Å². The van der Waals surface area contributed by atoms with Crippen molar-refractivity contribution in [3.63, 3.8) is 0 Å². The summed E-state index contributed by atoms with van der Waals surface area (Å²) < 4.78 is 13.4. The number of anilines is 1. The van der Waals surface area contributed by atoms with Gasteiger partial charge in [-0.15, -0.1) is 11.8 Å². The van der Waals surface area contributed by atoms with Crippen LogP contribution < -0.4 is 15.1 Å². The monoisotopic (exact) mass is 476 g/mol. The Kier molecular flexibility index (Phi) is 7.38. The van der Waals surface area contributed by atoms with Crippen molar-refractivity contribution in [3.8, 4) is 0 Å². The molecule has 32 heavy (non-hydrogen) atoms. The third-order valence-corrected chi connectivity index (χ3v) is 7.72.